The Balaban J connectivity index is 1.50. The molecule has 0 saturated carbocycles. The minimum absolute atomic E-state index is 0.0280. The van der Waals surface area contributed by atoms with Crippen molar-refractivity contribution in [3.63, 3.8) is 0 Å². The number of fused-ring (bicyclic) bond motifs is 3. The molecule has 4 rings (SSSR count). The molecule has 0 aliphatic rings. The molecule has 0 unspecified atom stereocenters. The predicted octanol–water partition coefficient (Wildman–Crippen LogP) is 6.10. The fourth-order valence-electron chi connectivity index (χ4n) is 3.17. The first-order valence-electron chi connectivity index (χ1n) is 9.19. The van der Waals surface area contributed by atoms with Crippen molar-refractivity contribution in [1.29, 1.82) is 0 Å². The molecule has 138 valence electrons. The van der Waals surface area contributed by atoms with Gasteiger partial charge in [-0.3, -0.25) is 4.79 Å². The number of hydrogen-bond donors (Lipinski definition) is 0. The highest BCUT2D eigenvalue weighted by Crippen LogP contribution is 2.29. The van der Waals surface area contributed by atoms with E-state index in [1.807, 2.05) is 62.6 Å². The molecule has 3 aromatic carbocycles. The van der Waals surface area contributed by atoms with Gasteiger partial charge in [0.25, 0.3) is 0 Å². The van der Waals surface area contributed by atoms with Crippen LogP contribution >= 0.6 is 0 Å². The van der Waals surface area contributed by atoms with Gasteiger partial charge in [-0.25, -0.2) is 0 Å². The first kappa shape index (κ1) is 17.8. The Labute approximate surface area is 164 Å². The average Bonchev–Trinajstić information content (AvgIpc) is 3.09. The van der Waals surface area contributed by atoms with Crippen LogP contribution in [0.1, 0.15) is 15.9 Å². The fraction of sp³-hybridized carbons (Fsp3) is 0.0800. The smallest absolute Gasteiger partial charge is 0.185 e. The average molecular weight is 367 g/mol. The van der Waals surface area contributed by atoms with Gasteiger partial charge in [0.05, 0.1) is 0 Å². The summed E-state index contributed by atoms with van der Waals surface area (Å²) < 4.78 is 5.81. The molecule has 1 aromatic heterocycles. The summed E-state index contributed by atoms with van der Waals surface area (Å²) in [7, 11) is 4.03. The van der Waals surface area contributed by atoms with Crippen LogP contribution < -0.4 is 4.90 Å². The number of carbonyl (C=O) groups is 1. The molecule has 28 heavy (non-hydrogen) atoms. The van der Waals surface area contributed by atoms with Gasteiger partial charge >= 0.3 is 0 Å². The maximum Gasteiger partial charge on any atom is 0.185 e. The Morgan fingerprint density at radius 1 is 0.857 bits per heavy atom. The molecule has 0 spiro atoms. The minimum atomic E-state index is -0.0280. The lowest BCUT2D eigenvalue weighted by atomic mass is 10.1. The Bertz CT molecular complexity index is 1190. The zero-order valence-electron chi connectivity index (χ0n) is 15.9. The van der Waals surface area contributed by atoms with Crippen LogP contribution in [0.15, 0.2) is 89.4 Å². The van der Waals surface area contributed by atoms with Gasteiger partial charge in [0, 0.05) is 36.1 Å². The fourth-order valence-corrected chi connectivity index (χ4v) is 3.17. The van der Waals surface area contributed by atoms with Gasteiger partial charge in [0.1, 0.15) is 11.2 Å². The maximum atomic E-state index is 12.5. The molecular formula is C25H21NO2. The topological polar surface area (TPSA) is 33.5 Å². The van der Waals surface area contributed by atoms with Crippen molar-refractivity contribution in [1.82, 2.24) is 0 Å². The van der Waals surface area contributed by atoms with E-state index in [0.717, 1.165) is 33.2 Å². The zero-order chi connectivity index (χ0) is 19.5. The number of ketones is 1. The number of allylic oxidation sites excluding steroid dienone is 3. The highest BCUT2D eigenvalue weighted by atomic mass is 16.3. The van der Waals surface area contributed by atoms with E-state index in [9.17, 15) is 4.79 Å². The summed E-state index contributed by atoms with van der Waals surface area (Å²) in [4.78, 5) is 14.6. The van der Waals surface area contributed by atoms with Gasteiger partial charge in [-0.15, -0.1) is 0 Å². The van der Waals surface area contributed by atoms with E-state index in [2.05, 4.69) is 29.2 Å². The molecule has 0 radical (unpaired) electrons. The monoisotopic (exact) mass is 367 g/mol. The summed E-state index contributed by atoms with van der Waals surface area (Å²) >= 11 is 0. The zero-order valence-corrected chi connectivity index (χ0v) is 15.9. The molecule has 3 heteroatoms. The molecule has 0 aliphatic carbocycles. The van der Waals surface area contributed by atoms with Crippen molar-refractivity contribution < 1.29 is 9.21 Å². The molecule has 0 bridgehead atoms. The molecular weight excluding hydrogens is 346 g/mol. The molecule has 0 saturated heterocycles. The third kappa shape index (κ3) is 3.60. The number of rotatable bonds is 5. The lowest BCUT2D eigenvalue weighted by molar-refractivity contribution is 0.104. The van der Waals surface area contributed by atoms with Crippen molar-refractivity contribution in [3.8, 4) is 0 Å². The Hall–Kier alpha value is -3.59. The van der Waals surface area contributed by atoms with Crippen molar-refractivity contribution in [2.75, 3.05) is 19.0 Å². The van der Waals surface area contributed by atoms with Crippen molar-refractivity contribution in [3.05, 3.63) is 96.1 Å². The van der Waals surface area contributed by atoms with E-state index in [1.54, 1.807) is 18.2 Å². The standard InChI is InChI=1S/C25H21NO2/c1-26(2)20-14-11-18(12-15-20)7-3-5-9-23(27)19-13-16-25-22(17-19)21-8-4-6-10-24(21)28-25/h3-17H,1-2H3/b7-3+,9-5+. The Morgan fingerprint density at radius 2 is 1.61 bits per heavy atom. The second-order valence-electron chi connectivity index (χ2n) is 6.88. The lowest BCUT2D eigenvalue weighted by Gasteiger charge is -2.11. The minimum Gasteiger partial charge on any atom is -0.456 e. The number of hydrogen-bond acceptors (Lipinski definition) is 3. The van der Waals surface area contributed by atoms with Gasteiger partial charge in [0.15, 0.2) is 5.78 Å². The van der Waals surface area contributed by atoms with Crippen LogP contribution in [-0.4, -0.2) is 19.9 Å². The Morgan fingerprint density at radius 3 is 2.39 bits per heavy atom. The van der Waals surface area contributed by atoms with E-state index in [0.29, 0.717) is 5.56 Å². The van der Waals surface area contributed by atoms with Crippen LogP contribution in [0.2, 0.25) is 0 Å². The van der Waals surface area contributed by atoms with Crippen molar-refractivity contribution in [2.24, 2.45) is 0 Å². The molecule has 3 nitrogen and oxygen atoms in total. The highest BCUT2D eigenvalue weighted by Gasteiger charge is 2.09. The number of furan rings is 1. The number of carbonyl (C=O) groups excluding carboxylic acids is 1. The normalized spacial score (nSPS) is 11.8. The summed E-state index contributed by atoms with van der Waals surface area (Å²) in [6, 6.07) is 21.7. The van der Waals surface area contributed by atoms with Gasteiger partial charge in [0.2, 0.25) is 0 Å². The molecule has 0 fully saturated rings. The summed E-state index contributed by atoms with van der Waals surface area (Å²) in [5, 5.41) is 1.99. The molecule has 0 aliphatic heterocycles. The van der Waals surface area contributed by atoms with E-state index in [-0.39, 0.29) is 5.78 Å². The summed E-state index contributed by atoms with van der Waals surface area (Å²) in [6.07, 6.45) is 7.23. The first-order chi connectivity index (χ1) is 13.6. The van der Waals surface area contributed by atoms with Crippen LogP contribution in [0.5, 0.6) is 0 Å². The first-order valence-corrected chi connectivity index (χ1v) is 9.19. The second kappa shape index (κ2) is 7.57. The SMILES string of the molecule is CN(C)c1ccc(/C=C/C=C/C(=O)c2ccc3oc4ccccc4c3c2)cc1. The number of anilines is 1. The van der Waals surface area contributed by atoms with Crippen molar-refractivity contribution >= 4 is 39.5 Å². The van der Waals surface area contributed by atoms with Crippen LogP contribution in [0.4, 0.5) is 5.69 Å². The van der Waals surface area contributed by atoms with Gasteiger partial charge in [-0.1, -0.05) is 48.6 Å². The third-order valence-corrected chi connectivity index (χ3v) is 4.72. The maximum absolute atomic E-state index is 12.5. The number of nitrogens with zero attached hydrogens (tertiary/aromatic N) is 1. The van der Waals surface area contributed by atoms with Gasteiger partial charge in [-0.05, 0) is 48.0 Å². The Kier molecular flexibility index (Phi) is 4.81. The molecule has 0 amide bonds. The largest absolute Gasteiger partial charge is 0.456 e. The molecule has 0 atom stereocenters. The molecule has 0 N–H and O–H groups in total. The molecule has 1 heterocycles. The number of benzene rings is 3. The van der Waals surface area contributed by atoms with E-state index >= 15 is 0 Å². The lowest BCUT2D eigenvalue weighted by Crippen LogP contribution is -2.07. The second-order valence-corrected chi connectivity index (χ2v) is 6.88. The van der Waals surface area contributed by atoms with Crippen LogP contribution in [-0.2, 0) is 0 Å². The van der Waals surface area contributed by atoms with Crippen LogP contribution in [0.25, 0.3) is 28.0 Å². The number of para-hydroxylation sites is 1. The van der Waals surface area contributed by atoms with E-state index in [1.165, 1.54) is 0 Å². The van der Waals surface area contributed by atoms with Gasteiger partial charge in [-0.2, -0.15) is 0 Å². The van der Waals surface area contributed by atoms with Crippen LogP contribution in [0, 0.1) is 0 Å². The molecule has 4 aromatic rings. The summed E-state index contributed by atoms with van der Waals surface area (Å²) in [5.74, 6) is -0.0280. The van der Waals surface area contributed by atoms with Gasteiger partial charge < -0.3 is 9.32 Å². The quantitative estimate of drug-likeness (QED) is 0.243. The highest BCUT2D eigenvalue weighted by molar-refractivity contribution is 6.11. The van der Waals surface area contributed by atoms with E-state index in [4.69, 9.17) is 4.42 Å². The third-order valence-electron chi connectivity index (χ3n) is 4.72. The van der Waals surface area contributed by atoms with E-state index < -0.39 is 0 Å². The van der Waals surface area contributed by atoms with Crippen molar-refractivity contribution in [2.45, 2.75) is 0 Å². The predicted molar refractivity (Wildman–Crippen MR) is 117 cm³/mol. The summed E-state index contributed by atoms with van der Waals surface area (Å²) in [6.45, 7) is 0. The summed E-state index contributed by atoms with van der Waals surface area (Å²) in [5.41, 5.74) is 4.53. The van der Waals surface area contributed by atoms with Crippen LogP contribution in [0.3, 0.4) is 0 Å².